The van der Waals surface area contributed by atoms with Crippen LogP contribution in [0.1, 0.15) is 5.56 Å². The highest BCUT2D eigenvalue weighted by Crippen LogP contribution is 2.24. The Labute approximate surface area is 117 Å². The first-order valence-corrected chi connectivity index (χ1v) is 6.46. The lowest BCUT2D eigenvalue weighted by atomic mass is 10.2. The van der Waals surface area contributed by atoms with Crippen LogP contribution in [0, 0.1) is 0 Å². The van der Waals surface area contributed by atoms with Crippen molar-refractivity contribution in [1.82, 2.24) is 9.80 Å². The number of benzene rings is 1. The Hall–Kier alpha value is -1.23. The van der Waals surface area contributed by atoms with E-state index in [1.807, 2.05) is 56.2 Å². The van der Waals surface area contributed by atoms with Crippen LogP contribution >= 0.6 is 15.9 Å². The minimum absolute atomic E-state index is 0.599. The Bertz CT molecular complexity index is 420. The van der Waals surface area contributed by atoms with Gasteiger partial charge in [-0.15, -0.1) is 0 Å². The topological polar surface area (TPSA) is 28.1 Å². The summed E-state index contributed by atoms with van der Waals surface area (Å²) in [6.45, 7) is 0.599. The van der Waals surface area contributed by atoms with Crippen molar-refractivity contribution >= 4 is 21.9 Å². The fourth-order valence-electron chi connectivity index (χ4n) is 1.69. The molecule has 0 radical (unpaired) electrons. The van der Waals surface area contributed by atoms with Crippen LogP contribution in [0.2, 0.25) is 0 Å². The van der Waals surface area contributed by atoms with E-state index >= 15 is 0 Å². The average Bonchev–Trinajstić information content (AvgIpc) is 2.30. The summed E-state index contributed by atoms with van der Waals surface area (Å²) in [7, 11) is 9.61. The molecule has 0 N–H and O–H groups in total. The van der Waals surface area contributed by atoms with Gasteiger partial charge in [-0.1, -0.05) is 22.0 Å². The van der Waals surface area contributed by atoms with Crippen molar-refractivity contribution in [3.05, 3.63) is 28.2 Å². The van der Waals surface area contributed by atoms with Gasteiger partial charge in [-0.25, -0.2) is 4.99 Å². The highest BCUT2D eigenvalue weighted by molar-refractivity contribution is 9.10. The summed E-state index contributed by atoms with van der Waals surface area (Å²) < 4.78 is 6.36. The van der Waals surface area contributed by atoms with E-state index in [1.54, 1.807) is 7.11 Å². The second kappa shape index (κ2) is 6.64. The molecule has 0 atom stereocenters. The van der Waals surface area contributed by atoms with Gasteiger partial charge in [0.1, 0.15) is 5.75 Å². The molecular formula is C13H20BrN3O. The third-order valence-corrected chi connectivity index (χ3v) is 2.93. The summed E-state index contributed by atoms with van der Waals surface area (Å²) >= 11 is 3.43. The maximum absolute atomic E-state index is 5.35. The van der Waals surface area contributed by atoms with Crippen LogP contribution in [0.3, 0.4) is 0 Å². The number of nitrogens with zero attached hydrogens (tertiary/aromatic N) is 3. The zero-order valence-corrected chi connectivity index (χ0v) is 13.2. The minimum atomic E-state index is 0.599. The van der Waals surface area contributed by atoms with Crippen molar-refractivity contribution in [2.24, 2.45) is 4.99 Å². The van der Waals surface area contributed by atoms with E-state index in [0.717, 1.165) is 21.7 Å². The lowest BCUT2D eigenvalue weighted by Gasteiger charge is -2.22. The molecule has 0 bridgehead atoms. The number of hydrogen-bond donors (Lipinski definition) is 0. The molecule has 1 aromatic carbocycles. The third kappa shape index (κ3) is 3.91. The lowest BCUT2D eigenvalue weighted by molar-refractivity contribution is 0.409. The number of halogens is 1. The zero-order chi connectivity index (χ0) is 13.7. The second-order valence-electron chi connectivity index (χ2n) is 4.36. The first kappa shape index (κ1) is 14.8. The molecule has 0 amide bonds. The molecule has 100 valence electrons. The molecule has 0 aliphatic rings. The van der Waals surface area contributed by atoms with Crippen LogP contribution in [-0.2, 0) is 6.54 Å². The quantitative estimate of drug-likeness (QED) is 0.634. The Morgan fingerprint density at radius 2 is 1.83 bits per heavy atom. The van der Waals surface area contributed by atoms with Crippen molar-refractivity contribution in [2.45, 2.75) is 6.54 Å². The van der Waals surface area contributed by atoms with Gasteiger partial charge < -0.3 is 14.5 Å². The first-order chi connectivity index (χ1) is 8.45. The molecule has 0 fully saturated rings. The predicted octanol–water partition coefficient (Wildman–Crippen LogP) is 2.44. The van der Waals surface area contributed by atoms with Crippen LogP contribution in [0.15, 0.2) is 27.7 Å². The maximum atomic E-state index is 5.35. The highest BCUT2D eigenvalue weighted by Gasteiger charge is 2.06. The Balaban J connectivity index is 2.94. The van der Waals surface area contributed by atoms with E-state index in [4.69, 9.17) is 4.74 Å². The van der Waals surface area contributed by atoms with E-state index in [1.165, 1.54) is 0 Å². The molecule has 5 heteroatoms. The molecule has 0 saturated carbocycles. The summed E-state index contributed by atoms with van der Waals surface area (Å²) in [6, 6.07) is 5.98. The van der Waals surface area contributed by atoms with E-state index < -0.39 is 0 Å². The standard InChI is InChI=1S/C13H20BrN3O/c1-16(2)13(17(3)4)15-9-10-6-7-11(14)8-12(10)18-5/h6-8H,9H2,1-5H3. The summed E-state index contributed by atoms with van der Waals surface area (Å²) in [6.07, 6.45) is 0. The van der Waals surface area contributed by atoms with Crippen LogP contribution < -0.4 is 4.74 Å². The highest BCUT2D eigenvalue weighted by atomic mass is 79.9. The molecule has 0 spiro atoms. The van der Waals surface area contributed by atoms with E-state index in [0.29, 0.717) is 6.54 Å². The van der Waals surface area contributed by atoms with Crippen molar-refractivity contribution in [3.8, 4) is 5.75 Å². The van der Waals surface area contributed by atoms with Gasteiger partial charge in [0.05, 0.1) is 13.7 Å². The molecule has 18 heavy (non-hydrogen) atoms. The SMILES string of the molecule is COc1cc(Br)ccc1CN=C(N(C)C)N(C)C. The molecule has 0 saturated heterocycles. The van der Waals surface area contributed by atoms with Gasteiger partial charge in [0.25, 0.3) is 0 Å². The summed E-state index contributed by atoms with van der Waals surface area (Å²) in [4.78, 5) is 8.59. The number of aliphatic imine (C=N–C) groups is 1. The molecular weight excluding hydrogens is 294 g/mol. The number of rotatable bonds is 3. The van der Waals surface area contributed by atoms with Gasteiger partial charge in [-0.2, -0.15) is 0 Å². The van der Waals surface area contributed by atoms with Gasteiger partial charge in [0, 0.05) is 38.2 Å². The summed E-state index contributed by atoms with van der Waals surface area (Å²) in [5, 5.41) is 0. The number of methoxy groups -OCH3 is 1. The number of ether oxygens (including phenoxy) is 1. The molecule has 0 aromatic heterocycles. The number of guanidine groups is 1. The summed E-state index contributed by atoms with van der Waals surface area (Å²) in [5.41, 5.74) is 1.07. The molecule has 1 aromatic rings. The molecule has 0 heterocycles. The lowest BCUT2D eigenvalue weighted by Crippen LogP contribution is -2.35. The zero-order valence-electron chi connectivity index (χ0n) is 11.6. The molecule has 4 nitrogen and oxygen atoms in total. The fraction of sp³-hybridized carbons (Fsp3) is 0.462. The van der Waals surface area contributed by atoms with Crippen molar-refractivity contribution in [1.29, 1.82) is 0 Å². The van der Waals surface area contributed by atoms with Crippen molar-refractivity contribution in [2.75, 3.05) is 35.3 Å². The Morgan fingerprint density at radius 3 is 2.33 bits per heavy atom. The number of hydrogen-bond acceptors (Lipinski definition) is 2. The molecule has 1 rings (SSSR count). The second-order valence-corrected chi connectivity index (χ2v) is 5.28. The van der Waals surface area contributed by atoms with Gasteiger partial charge in [-0.05, 0) is 12.1 Å². The predicted molar refractivity (Wildman–Crippen MR) is 79.2 cm³/mol. The Kier molecular flexibility index (Phi) is 5.47. The third-order valence-electron chi connectivity index (χ3n) is 2.44. The maximum Gasteiger partial charge on any atom is 0.195 e. The van der Waals surface area contributed by atoms with Crippen LogP contribution in [0.5, 0.6) is 5.75 Å². The first-order valence-electron chi connectivity index (χ1n) is 5.67. The van der Waals surface area contributed by atoms with Crippen LogP contribution in [0.4, 0.5) is 0 Å². The molecule has 0 aliphatic carbocycles. The van der Waals surface area contributed by atoms with E-state index in [-0.39, 0.29) is 0 Å². The fourth-order valence-corrected chi connectivity index (χ4v) is 2.03. The molecule has 0 unspecified atom stereocenters. The van der Waals surface area contributed by atoms with Gasteiger partial charge in [0.2, 0.25) is 0 Å². The van der Waals surface area contributed by atoms with E-state index in [2.05, 4.69) is 20.9 Å². The Morgan fingerprint density at radius 1 is 1.22 bits per heavy atom. The normalized spacial score (nSPS) is 9.89. The van der Waals surface area contributed by atoms with E-state index in [9.17, 15) is 0 Å². The molecule has 0 aliphatic heterocycles. The van der Waals surface area contributed by atoms with Crippen LogP contribution in [0.25, 0.3) is 0 Å². The smallest absolute Gasteiger partial charge is 0.195 e. The largest absolute Gasteiger partial charge is 0.496 e. The van der Waals surface area contributed by atoms with Crippen molar-refractivity contribution < 1.29 is 4.74 Å². The average molecular weight is 314 g/mol. The monoisotopic (exact) mass is 313 g/mol. The summed E-state index contributed by atoms with van der Waals surface area (Å²) in [5.74, 6) is 1.78. The van der Waals surface area contributed by atoms with Crippen LogP contribution in [-0.4, -0.2) is 51.1 Å². The minimum Gasteiger partial charge on any atom is -0.496 e. The van der Waals surface area contributed by atoms with Crippen molar-refractivity contribution in [3.63, 3.8) is 0 Å². The van der Waals surface area contributed by atoms with Gasteiger partial charge in [0.15, 0.2) is 5.96 Å². The van der Waals surface area contributed by atoms with Gasteiger partial charge in [-0.3, -0.25) is 0 Å². The van der Waals surface area contributed by atoms with Gasteiger partial charge >= 0.3 is 0 Å².